The summed E-state index contributed by atoms with van der Waals surface area (Å²) in [5.41, 5.74) is 2.45. The highest BCUT2D eigenvalue weighted by Gasteiger charge is 2.21. The van der Waals surface area contributed by atoms with Gasteiger partial charge in [-0.3, -0.25) is 4.79 Å². The van der Waals surface area contributed by atoms with Crippen molar-refractivity contribution in [1.82, 2.24) is 4.98 Å². The summed E-state index contributed by atoms with van der Waals surface area (Å²) >= 11 is 11.9. The van der Waals surface area contributed by atoms with E-state index in [4.69, 9.17) is 27.9 Å². The third-order valence-corrected chi connectivity index (χ3v) is 4.50. The van der Waals surface area contributed by atoms with Gasteiger partial charge in [-0.2, -0.15) is 0 Å². The topological polar surface area (TPSA) is 91.4 Å². The number of ether oxygens (including phenoxy) is 1. The molecule has 1 heterocycles. The van der Waals surface area contributed by atoms with Crippen LogP contribution in [0.25, 0.3) is 0 Å². The molecule has 1 aromatic carbocycles. The number of aliphatic hydroxyl groups is 1. The van der Waals surface area contributed by atoms with Crippen LogP contribution in [0.15, 0.2) is 18.2 Å². The van der Waals surface area contributed by atoms with E-state index >= 15 is 0 Å². The van der Waals surface area contributed by atoms with Crippen LogP contribution in [0.2, 0.25) is 10.0 Å². The minimum atomic E-state index is -0.717. The van der Waals surface area contributed by atoms with Crippen LogP contribution in [0, 0.1) is 13.8 Å². The zero-order valence-corrected chi connectivity index (χ0v) is 15.5. The number of esters is 1. The van der Waals surface area contributed by atoms with Crippen LogP contribution >= 0.6 is 23.2 Å². The number of amides is 1. The summed E-state index contributed by atoms with van der Waals surface area (Å²) in [7, 11) is 0. The van der Waals surface area contributed by atoms with Crippen molar-refractivity contribution < 1.29 is 19.4 Å². The van der Waals surface area contributed by atoms with Crippen molar-refractivity contribution >= 4 is 40.8 Å². The first-order chi connectivity index (χ1) is 11.7. The number of hydrogen-bond donors (Lipinski definition) is 3. The molecule has 0 saturated heterocycles. The van der Waals surface area contributed by atoms with Crippen LogP contribution in [0.5, 0.6) is 0 Å². The first kappa shape index (κ1) is 19.3. The maximum Gasteiger partial charge on any atom is 0.355 e. The van der Waals surface area contributed by atoms with Gasteiger partial charge in [-0.25, -0.2) is 4.79 Å². The number of nitrogens with one attached hydrogen (secondary N) is 2. The van der Waals surface area contributed by atoms with E-state index in [9.17, 15) is 14.7 Å². The third kappa shape index (κ3) is 4.34. The molecule has 0 saturated carbocycles. The Morgan fingerprint density at radius 1 is 1.32 bits per heavy atom. The molecule has 1 aromatic heterocycles. The van der Waals surface area contributed by atoms with Gasteiger partial charge >= 0.3 is 5.97 Å². The summed E-state index contributed by atoms with van der Waals surface area (Å²) in [5, 5.41) is 12.8. The third-order valence-electron chi connectivity index (χ3n) is 3.68. The van der Waals surface area contributed by atoms with Gasteiger partial charge in [0.15, 0.2) is 6.61 Å². The smallest absolute Gasteiger partial charge is 0.355 e. The second-order valence-corrected chi connectivity index (χ2v) is 6.35. The number of aromatic nitrogens is 1. The second-order valence-electron chi connectivity index (χ2n) is 5.57. The molecule has 2 aromatic rings. The van der Waals surface area contributed by atoms with Crippen molar-refractivity contribution in [3.8, 4) is 0 Å². The van der Waals surface area contributed by atoms with Gasteiger partial charge in [0.2, 0.25) is 0 Å². The van der Waals surface area contributed by atoms with Crippen LogP contribution in [-0.2, 0) is 9.53 Å². The zero-order valence-electron chi connectivity index (χ0n) is 13.9. The van der Waals surface area contributed by atoms with Crippen LogP contribution < -0.4 is 5.32 Å². The molecule has 0 bridgehead atoms. The van der Waals surface area contributed by atoms with Crippen molar-refractivity contribution in [3.63, 3.8) is 0 Å². The van der Waals surface area contributed by atoms with E-state index in [-0.39, 0.29) is 10.7 Å². The first-order valence-electron chi connectivity index (χ1n) is 7.50. The highest BCUT2D eigenvalue weighted by molar-refractivity contribution is 6.44. The van der Waals surface area contributed by atoms with Crippen LogP contribution in [-0.4, -0.2) is 28.6 Å². The van der Waals surface area contributed by atoms with Crippen molar-refractivity contribution in [3.05, 3.63) is 50.8 Å². The van der Waals surface area contributed by atoms with Crippen molar-refractivity contribution in [2.75, 3.05) is 11.9 Å². The van der Waals surface area contributed by atoms with Gasteiger partial charge in [0.25, 0.3) is 5.91 Å². The van der Waals surface area contributed by atoms with Crippen molar-refractivity contribution in [2.45, 2.75) is 26.9 Å². The van der Waals surface area contributed by atoms with Gasteiger partial charge in [0, 0.05) is 11.3 Å². The number of benzene rings is 1. The number of aromatic amines is 1. The summed E-state index contributed by atoms with van der Waals surface area (Å²) in [6, 6.07) is 4.81. The number of rotatable bonds is 5. The van der Waals surface area contributed by atoms with Crippen LogP contribution in [0.3, 0.4) is 0 Å². The van der Waals surface area contributed by atoms with Gasteiger partial charge < -0.3 is 20.1 Å². The van der Waals surface area contributed by atoms with Gasteiger partial charge in [-0.05, 0) is 38.5 Å². The molecular weight excluding hydrogens is 367 g/mol. The Kier molecular flexibility index (Phi) is 6.11. The number of carbonyl (C=O) groups excluding carboxylic acids is 2. The monoisotopic (exact) mass is 384 g/mol. The summed E-state index contributed by atoms with van der Waals surface area (Å²) < 4.78 is 5.02. The molecule has 0 unspecified atom stereocenters. The first-order valence-corrected chi connectivity index (χ1v) is 8.26. The van der Waals surface area contributed by atoms with E-state index in [1.54, 1.807) is 39.0 Å². The molecule has 6 nitrogen and oxygen atoms in total. The standard InChI is InChI=1S/C17H18Cl2N2O4/c1-8-14(10(3)22)9(2)20-16(8)17(24)25-7-13(23)21-12-6-4-5-11(18)15(12)19/h4-6,10,20,22H,7H2,1-3H3,(H,21,23)/t10-/m0/s1. The average Bonchev–Trinajstić information content (AvgIpc) is 2.84. The normalized spacial score (nSPS) is 11.9. The van der Waals surface area contributed by atoms with Gasteiger partial charge in [-0.1, -0.05) is 29.3 Å². The van der Waals surface area contributed by atoms with E-state index < -0.39 is 24.6 Å². The molecule has 8 heteroatoms. The molecule has 134 valence electrons. The Bertz CT molecular complexity index is 815. The molecule has 0 aliphatic carbocycles. The summed E-state index contributed by atoms with van der Waals surface area (Å²) in [6.45, 7) is 4.58. The SMILES string of the molecule is Cc1[nH]c(C(=O)OCC(=O)Nc2cccc(Cl)c2Cl)c(C)c1[C@H](C)O. The summed E-state index contributed by atoms with van der Waals surface area (Å²) in [6.07, 6.45) is -0.717. The number of halogens is 2. The maximum absolute atomic E-state index is 12.2. The number of aryl methyl sites for hydroxylation is 1. The molecule has 0 aliphatic heterocycles. The Morgan fingerprint density at radius 3 is 2.60 bits per heavy atom. The largest absolute Gasteiger partial charge is 0.451 e. The lowest BCUT2D eigenvalue weighted by atomic mass is 10.1. The predicted octanol–water partition coefficient (Wildman–Crippen LogP) is 3.79. The fraction of sp³-hybridized carbons (Fsp3) is 0.294. The molecule has 0 fully saturated rings. The number of H-pyrrole nitrogens is 1. The highest BCUT2D eigenvalue weighted by atomic mass is 35.5. The van der Waals surface area contributed by atoms with Crippen LogP contribution in [0.4, 0.5) is 5.69 Å². The lowest BCUT2D eigenvalue weighted by Gasteiger charge is -2.09. The van der Waals surface area contributed by atoms with Crippen LogP contribution in [0.1, 0.15) is 40.3 Å². The Hall–Kier alpha value is -2.02. The average molecular weight is 385 g/mol. The molecule has 3 N–H and O–H groups in total. The fourth-order valence-electron chi connectivity index (χ4n) is 2.59. The number of hydrogen-bond acceptors (Lipinski definition) is 4. The maximum atomic E-state index is 12.2. The quantitative estimate of drug-likeness (QED) is 0.683. The Balaban J connectivity index is 2.02. The Labute approximate surface area is 155 Å². The van der Waals surface area contributed by atoms with E-state index in [0.717, 1.165) is 0 Å². The highest BCUT2D eigenvalue weighted by Crippen LogP contribution is 2.29. The minimum Gasteiger partial charge on any atom is -0.451 e. The van der Waals surface area contributed by atoms with E-state index in [1.807, 2.05) is 0 Å². The zero-order chi connectivity index (χ0) is 18.7. The summed E-state index contributed by atoms with van der Waals surface area (Å²) in [4.78, 5) is 27.0. The minimum absolute atomic E-state index is 0.209. The van der Waals surface area contributed by atoms with Crippen molar-refractivity contribution in [2.24, 2.45) is 0 Å². The molecular formula is C17H18Cl2N2O4. The van der Waals surface area contributed by atoms with E-state index in [2.05, 4.69) is 10.3 Å². The molecule has 0 spiro atoms. The molecule has 2 rings (SSSR count). The van der Waals surface area contributed by atoms with Gasteiger partial charge in [0.1, 0.15) is 5.69 Å². The van der Waals surface area contributed by atoms with Gasteiger partial charge in [-0.15, -0.1) is 0 Å². The number of anilines is 1. The Morgan fingerprint density at radius 2 is 2.00 bits per heavy atom. The van der Waals surface area contributed by atoms with Gasteiger partial charge in [0.05, 0.1) is 21.8 Å². The predicted molar refractivity (Wildman–Crippen MR) is 96.3 cm³/mol. The molecule has 1 atom stereocenters. The lowest BCUT2D eigenvalue weighted by molar-refractivity contribution is -0.119. The van der Waals surface area contributed by atoms with E-state index in [1.165, 1.54) is 0 Å². The fourth-order valence-corrected chi connectivity index (χ4v) is 2.93. The molecule has 1 amide bonds. The molecule has 25 heavy (non-hydrogen) atoms. The van der Waals surface area contributed by atoms with Crippen molar-refractivity contribution in [1.29, 1.82) is 0 Å². The number of carbonyl (C=O) groups is 2. The lowest BCUT2D eigenvalue weighted by Crippen LogP contribution is -2.21. The summed E-state index contributed by atoms with van der Waals surface area (Å²) in [5.74, 6) is -1.23. The number of aliphatic hydroxyl groups excluding tert-OH is 1. The second kappa shape index (κ2) is 7.91. The van der Waals surface area contributed by atoms with E-state index in [0.29, 0.717) is 27.5 Å². The molecule has 0 aliphatic rings. The molecule has 0 radical (unpaired) electrons.